The first-order valence-corrected chi connectivity index (χ1v) is 23.5. The van der Waals surface area contributed by atoms with Crippen molar-refractivity contribution < 1.29 is 30.4 Å². The van der Waals surface area contributed by atoms with E-state index in [-0.39, 0.29) is 37.3 Å². The van der Waals surface area contributed by atoms with E-state index in [0.29, 0.717) is 11.5 Å². The van der Waals surface area contributed by atoms with Gasteiger partial charge in [-0.3, -0.25) is 4.57 Å². The molecule has 1 aliphatic heterocycles. The maximum absolute atomic E-state index is 6.69. The molecule has 5 nitrogen and oxygen atoms in total. The van der Waals surface area contributed by atoms with Crippen LogP contribution in [0.1, 0.15) is 78.0 Å². The molecule has 7 aromatic carbocycles. The van der Waals surface area contributed by atoms with Crippen LogP contribution in [0.4, 0.5) is 0 Å². The van der Waals surface area contributed by atoms with Crippen LogP contribution in [0.3, 0.4) is 0 Å². The van der Waals surface area contributed by atoms with Gasteiger partial charge in [0.1, 0.15) is 5.82 Å². The summed E-state index contributed by atoms with van der Waals surface area (Å²) in [5.74, 6) is 2.03. The van der Waals surface area contributed by atoms with Crippen molar-refractivity contribution >= 4 is 21.8 Å². The molecule has 0 unspecified atom stereocenters. The summed E-state index contributed by atoms with van der Waals surface area (Å²) in [7, 11) is 0. The predicted molar refractivity (Wildman–Crippen MR) is 272 cm³/mol. The van der Waals surface area contributed by atoms with Gasteiger partial charge in [-0.1, -0.05) is 157 Å². The van der Waals surface area contributed by atoms with E-state index in [0.717, 1.165) is 62.2 Å². The van der Waals surface area contributed by atoms with Crippen molar-refractivity contribution in [3.8, 4) is 73.3 Å². The Kier molecular flexibility index (Phi) is 10.4. The molecular weight excluding hydrogens is 1010 g/mol. The van der Waals surface area contributed by atoms with Crippen molar-refractivity contribution in [1.82, 2.24) is 14.1 Å². The first-order chi connectivity index (χ1) is 32.3. The van der Waals surface area contributed by atoms with Crippen molar-refractivity contribution in [2.75, 3.05) is 0 Å². The van der Waals surface area contributed by atoms with Crippen LogP contribution >= 0.6 is 0 Å². The topological polar surface area (TPSA) is 35.9 Å². The number of para-hydroxylation sites is 2. The van der Waals surface area contributed by atoms with Crippen LogP contribution in [0.5, 0.6) is 11.5 Å². The normalized spacial score (nSPS) is 14.4. The van der Waals surface area contributed by atoms with Gasteiger partial charge >= 0.3 is 0 Å². The van der Waals surface area contributed by atoms with Gasteiger partial charge in [0, 0.05) is 50.5 Å². The molecule has 0 saturated carbocycles. The minimum atomic E-state index is -0.0285. The standard InChI is InChI=1S/C62H52N4O.Pt/c1-60(2,3)41-30-33-63-58(35-41)66-55-25-13-12-22-50(55)51-28-27-44(37-56(51)66)67-43-17-14-16-42(36-43)64-38-57-49-21-11-10-19-47(49)46-18-8-9-20-48(46)52-24-15-23-45(59(52)65(57)39-64)40-26-29-53-54(34-40)62(6,7)32-31-61(53,4)5;/h8-30,33-35,38H,31-32H2,1-7H3;/q-2;. The molecule has 0 saturated heterocycles. The Hall–Kier alpha value is -6.81. The van der Waals surface area contributed by atoms with E-state index in [1.165, 1.54) is 50.9 Å². The van der Waals surface area contributed by atoms with Crippen LogP contribution < -0.4 is 9.30 Å². The molecule has 4 heterocycles. The number of ether oxygens (including phenoxy) is 1. The summed E-state index contributed by atoms with van der Waals surface area (Å²) in [6, 6.07) is 61.7. The molecule has 1 aliphatic carbocycles. The van der Waals surface area contributed by atoms with E-state index < -0.39 is 0 Å². The fraction of sp³-hybridized carbons (Fsp3) is 0.194. The summed E-state index contributed by atoms with van der Waals surface area (Å²) in [6.07, 6.45) is 10.3. The van der Waals surface area contributed by atoms with E-state index in [2.05, 4.69) is 220 Å². The van der Waals surface area contributed by atoms with Gasteiger partial charge in [-0.2, -0.15) is 18.2 Å². The first kappa shape index (κ1) is 43.7. The second-order valence-corrected chi connectivity index (χ2v) is 20.7. The molecule has 0 spiro atoms. The van der Waals surface area contributed by atoms with Gasteiger partial charge in [-0.15, -0.1) is 29.7 Å². The summed E-state index contributed by atoms with van der Waals surface area (Å²) in [5.41, 5.74) is 17.4. The van der Waals surface area contributed by atoms with Crippen molar-refractivity contribution in [3.63, 3.8) is 0 Å². The number of benzene rings is 7. The monoisotopic (exact) mass is 1060 g/mol. The van der Waals surface area contributed by atoms with Crippen LogP contribution in [-0.4, -0.2) is 14.1 Å². The molecule has 2 aliphatic rings. The molecule has 10 aromatic rings. The summed E-state index contributed by atoms with van der Waals surface area (Å²) in [4.78, 5) is 4.87. The molecule has 0 fully saturated rings. The van der Waals surface area contributed by atoms with Crippen LogP contribution in [0.2, 0.25) is 0 Å². The third-order valence-corrected chi connectivity index (χ3v) is 14.5. The largest absolute Gasteiger partial charge is 0.510 e. The fourth-order valence-corrected chi connectivity index (χ4v) is 10.7. The van der Waals surface area contributed by atoms with Crippen molar-refractivity contribution in [2.45, 2.75) is 77.6 Å². The van der Waals surface area contributed by atoms with E-state index in [1.807, 2.05) is 24.4 Å². The summed E-state index contributed by atoms with van der Waals surface area (Å²) >= 11 is 0. The molecule has 0 amide bonds. The van der Waals surface area contributed by atoms with Crippen LogP contribution in [-0.2, 0) is 37.3 Å². The van der Waals surface area contributed by atoms with Crippen molar-refractivity contribution in [2.24, 2.45) is 0 Å². The van der Waals surface area contributed by atoms with Crippen LogP contribution in [0, 0.1) is 18.5 Å². The van der Waals surface area contributed by atoms with Gasteiger partial charge in [-0.25, -0.2) is 4.98 Å². The summed E-state index contributed by atoms with van der Waals surface area (Å²) in [5, 5.41) is 2.23. The Morgan fingerprint density at radius 3 is 2.03 bits per heavy atom. The van der Waals surface area contributed by atoms with Crippen molar-refractivity contribution in [3.05, 3.63) is 199 Å². The Labute approximate surface area is 414 Å². The molecule has 6 heteroatoms. The van der Waals surface area contributed by atoms with Gasteiger partial charge in [0.05, 0.1) is 11.4 Å². The van der Waals surface area contributed by atoms with Crippen LogP contribution in [0.15, 0.2) is 164 Å². The Balaban J connectivity index is 0.00000507. The summed E-state index contributed by atoms with van der Waals surface area (Å²) < 4.78 is 13.2. The third kappa shape index (κ3) is 7.17. The molecule has 338 valence electrons. The molecule has 0 bridgehead atoms. The minimum absolute atomic E-state index is 0. The maximum Gasteiger partial charge on any atom is 0.267 e. The maximum atomic E-state index is 6.69. The number of nitrogens with zero attached hydrogens (tertiary/aromatic N) is 4. The zero-order chi connectivity index (χ0) is 45.8. The quantitative estimate of drug-likeness (QED) is 0.127. The fourth-order valence-electron chi connectivity index (χ4n) is 10.7. The summed E-state index contributed by atoms with van der Waals surface area (Å²) in [6.45, 7) is 16.3. The minimum Gasteiger partial charge on any atom is -0.510 e. The average Bonchev–Trinajstić information content (AvgIpc) is 3.92. The number of hydrogen-bond acceptors (Lipinski definition) is 2. The smallest absolute Gasteiger partial charge is 0.267 e. The average molecular weight is 1060 g/mol. The number of pyridine rings is 1. The number of hydrogen-bond donors (Lipinski definition) is 0. The molecule has 3 aromatic heterocycles. The van der Waals surface area contributed by atoms with Gasteiger partial charge in [0.25, 0.3) is 6.33 Å². The molecule has 12 rings (SSSR count). The van der Waals surface area contributed by atoms with E-state index in [9.17, 15) is 0 Å². The van der Waals surface area contributed by atoms with Gasteiger partial charge in [0.15, 0.2) is 0 Å². The second kappa shape index (κ2) is 16.2. The van der Waals surface area contributed by atoms with Gasteiger partial charge < -0.3 is 13.9 Å². The number of imidazole rings is 1. The molecule has 0 atom stereocenters. The molecule has 68 heavy (non-hydrogen) atoms. The Bertz CT molecular complexity index is 3620. The van der Waals surface area contributed by atoms with E-state index in [1.54, 1.807) is 0 Å². The molecule has 0 radical (unpaired) electrons. The van der Waals surface area contributed by atoms with Gasteiger partial charge in [0.2, 0.25) is 0 Å². The van der Waals surface area contributed by atoms with Gasteiger partial charge in [-0.05, 0) is 114 Å². The number of aromatic nitrogens is 4. The van der Waals surface area contributed by atoms with Crippen LogP contribution in [0.25, 0.3) is 83.6 Å². The van der Waals surface area contributed by atoms with E-state index in [4.69, 9.17) is 9.72 Å². The Morgan fingerprint density at radius 1 is 0.603 bits per heavy atom. The van der Waals surface area contributed by atoms with Crippen molar-refractivity contribution in [1.29, 1.82) is 0 Å². The zero-order valence-electron chi connectivity index (χ0n) is 39.5. The zero-order valence-corrected chi connectivity index (χ0v) is 41.8. The Morgan fingerprint density at radius 2 is 1.25 bits per heavy atom. The number of fused-ring (bicyclic) bond motifs is 12. The first-order valence-electron chi connectivity index (χ1n) is 23.5. The number of rotatable bonds is 5. The SMILES string of the molecule is CC(C)(C)c1ccnc(-n2c3[c-]c(Oc4[c-]c(-n5[c-][n+]6c(c5)-c5ccccc5-c5ccccc5-c5cccc(-c7ccc8c(c7)C(C)(C)CCC8(C)C)c5-6)ccc4)ccc3c3ccccc32)c1.[Pt]. The molecular formula is C62H52N4OPt-2. The van der Waals surface area contributed by atoms with E-state index >= 15 is 0 Å². The second-order valence-electron chi connectivity index (χ2n) is 20.7. The third-order valence-electron chi connectivity index (χ3n) is 14.5. The molecule has 0 N–H and O–H groups in total. The predicted octanol–water partition coefficient (Wildman–Crippen LogP) is 15.1.